The van der Waals surface area contributed by atoms with Crippen molar-refractivity contribution in [2.75, 3.05) is 5.32 Å². The first-order chi connectivity index (χ1) is 6.80. The van der Waals surface area contributed by atoms with Crippen molar-refractivity contribution >= 4 is 23.2 Å². The fraction of sp³-hybridized carbons (Fsp3) is 0.125. The van der Waals surface area contributed by atoms with Crippen LogP contribution in [-0.2, 0) is 4.79 Å². The highest BCUT2D eigenvalue weighted by atomic mass is 35.5. The van der Waals surface area contributed by atoms with Crippen molar-refractivity contribution in [3.8, 4) is 0 Å². The summed E-state index contributed by atoms with van der Waals surface area (Å²) in [4.78, 5) is 10.6. The lowest BCUT2D eigenvalue weighted by atomic mass is 10.3. The van der Waals surface area contributed by atoms with Crippen LogP contribution >= 0.6 is 11.6 Å². The first kappa shape index (κ1) is 11.8. The smallest absolute Gasteiger partial charge is 0.317 e. The molecule has 0 aliphatic rings. The molecule has 82 valence electrons. The van der Waals surface area contributed by atoms with E-state index < -0.39 is 28.6 Å². The highest BCUT2D eigenvalue weighted by molar-refractivity contribution is 6.33. The molecule has 0 bridgehead atoms. The molecule has 0 unspecified atom stereocenters. The Bertz CT molecular complexity index is 391. The van der Waals surface area contributed by atoms with Gasteiger partial charge < -0.3 is 5.32 Å². The van der Waals surface area contributed by atoms with Crippen LogP contribution < -0.4 is 5.32 Å². The Labute approximate surface area is 86.8 Å². The van der Waals surface area contributed by atoms with E-state index in [0.29, 0.717) is 6.07 Å². The number of carbonyl (C=O) groups is 1. The Morgan fingerprint density at radius 3 is 2.40 bits per heavy atom. The maximum Gasteiger partial charge on any atom is 0.400 e. The maximum atomic E-state index is 12.9. The van der Waals surface area contributed by atoms with Crippen molar-refractivity contribution in [1.82, 2.24) is 0 Å². The monoisotopic (exact) mass is 241 g/mol. The number of benzene rings is 1. The number of rotatable bonds is 2. The molecule has 0 saturated heterocycles. The number of anilines is 1. The van der Waals surface area contributed by atoms with Gasteiger partial charge in [-0.1, -0.05) is 0 Å². The van der Waals surface area contributed by atoms with E-state index in [1.807, 2.05) is 0 Å². The molecule has 0 fully saturated rings. The molecule has 1 N–H and O–H groups in total. The van der Waals surface area contributed by atoms with E-state index in [2.05, 4.69) is 11.6 Å². The van der Waals surface area contributed by atoms with Gasteiger partial charge in [-0.05, 0) is 23.7 Å². The molecule has 0 heterocycles. The highest BCUT2D eigenvalue weighted by Crippen LogP contribution is 2.22. The Morgan fingerprint density at radius 1 is 1.33 bits per heavy atom. The molecule has 0 aromatic heterocycles. The number of hydrogen-bond acceptors (Lipinski definition) is 1. The summed E-state index contributed by atoms with van der Waals surface area (Å²) in [5, 5.41) is -2.62. The van der Waals surface area contributed by atoms with Gasteiger partial charge in [0.1, 0.15) is 11.6 Å². The van der Waals surface area contributed by atoms with Gasteiger partial charge in [-0.25, -0.2) is 8.78 Å². The first-order valence-corrected chi connectivity index (χ1v) is 4.02. The van der Waals surface area contributed by atoms with Gasteiger partial charge in [-0.15, -0.1) is 0 Å². The normalized spacial score (nSPS) is 11.3. The van der Waals surface area contributed by atoms with Crippen LogP contribution in [0.1, 0.15) is 0 Å². The minimum atomic E-state index is -4.14. The predicted octanol–water partition coefficient (Wildman–Crippen LogP) is 2.73. The van der Waals surface area contributed by atoms with Crippen molar-refractivity contribution < 1.29 is 22.4 Å². The number of hydrogen-bond donors (Lipinski definition) is 1. The average molecular weight is 242 g/mol. The molecular formula is C8H4ClF4NO. The van der Waals surface area contributed by atoms with Gasteiger partial charge in [0.15, 0.2) is 0 Å². The van der Waals surface area contributed by atoms with Gasteiger partial charge in [0.05, 0.1) is 5.69 Å². The number of halogens is 5. The van der Waals surface area contributed by atoms with Crippen LogP contribution in [-0.4, -0.2) is 11.3 Å². The van der Waals surface area contributed by atoms with Gasteiger partial charge >= 0.3 is 11.3 Å². The number of nitrogens with one attached hydrogen (secondary N) is 1. The van der Waals surface area contributed by atoms with Crippen LogP contribution in [0.25, 0.3) is 0 Å². The molecule has 15 heavy (non-hydrogen) atoms. The van der Waals surface area contributed by atoms with Crippen molar-refractivity contribution in [3.05, 3.63) is 29.8 Å². The van der Waals surface area contributed by atoms with Crippen molar-refractivity contribution in [3.63, 3.8) is 0 Å². The fourth-order valence-corrected chi connectivity index (χ4v) is 0.831. The summed E-state index contributed by atoms with van der Waals surface area (Å²) >= 11 is 4.38. The summed E-state index contributed by atoms with van der Waals surface area (Å²) < 4.78 is 49.6. The summed E-state index contributed by atoms with van der Waals surface area (Å²) in [6, 6.07) is 2.07. The lowest BCUT2D eigenvalue weighted by Gasteiger charge is -2.09. The van der Waals surface area contributed by atoms with Gasteiger partial charge in [-0.3, -0.25) is 4.79 Å². The van der Waals surface area contributed by atoms with E-state index in [9.17, 15) is 22.4 Å². The van der Waals surface area contributed by atoms with Crippen LogP contribution in [0.3, 0.4) is 0 Å². The molecule has 0 aliphatic heterocycles. The van der Waals surface area contributed by atoms with Crippen LogP contribution in [0.2, 0.25) is 0 Å². The Balaban J connectivity index is 2.87. The third kappa shape index (κ3) is 3.09. The van der Waals surface area contributed by atoms with E-state index in [0.717, 1.165) is 12.1 Å². The molecule has 1 aromatic carbocycles. The molecule has 0 spiro atoms. The van der Waals surface area contributed by atoms with Gasteiger partial charge in [-0.2, -0.15) is 8.78 Å². The van der Waals surface area contributed by atoms with Crippen molar-refractivity contribution in [2.45, 2.75) is 5.38 Å². The molecule has 2 nitrogen and oxygen atoms in total. The van der Waals surface area contributed by atoms with Crippen molar-refractivity contribution in [1.29, 1.82) is 0 Å². The van der Waals surface area contributed by atoms with E-state index in [4.69, 9.17) is 0 Å². The standard InChI is InChI=1S/C8H4ClF4NO/c9-8(12,13)7(15)14-6-2-1-4(10)3-5(6)11/h1-3H,(H,14,15). The number of carbonyl (C=O) groups excluding carboxylic acids is 1. The summed E-state index contributed by atoms with van der Waals surface area (Å²) in [5.41, 5.74) is -0.568. The predicted molar refractivity (Wildman–Crippen MR) is 45.8 cm³/mol. The lowest BCUT2D eigenvalue weighted by Crippen LogP contribution is -2.29. The summed E-state index contributed by atoms with van der Waals surface area (Å²) in [6.45, 7) is 0. The summed E-state index contributed by atoms with van der Waals surface area (Å²) in [5.74, 6) is -3.93. The Morgan fingerprint density at radius 2 is 1.93 bits per heavy atom. The van der Waals surface area contributed by atoms with Gasteiger partial charge in [0.25, 0.3) is 0 Å². The van der Waals surface area contributed by atoms with Crippen LogP contribution in [0, 0.1) is 11.6 Å². The van der Waals surface area contributed by atoms with E-state index in [1.165, 1.54) is 5.32 Å². The van der Waals surface area contributed by atoms with Gasteiger partial charge in [0.2, 0.25) is 0 Å². The van der Waals surface area contributed by atoms with Crippen LogP contribution in [0.15, 0.2) is 18.2 Å². The number of alkyl halides is 3. The minimum Gasteiger partial charge on any atom is -0.317 e. The third-order valence-corrected chi connectivity index (χ3v) is 1.61. The zero-order valence-electron chi connectivity index (χ0n) is 7.03. The van der Waals surface area contributed by atoms with E-state index in [1.54, 1.807) is 0 Å². The molecular weight excluding hydrogens is 238 g/mol. The summed E-state index contributed by atoms with van der Waals surface area (Å²) in [6.07, 6.45) is 0. The van der Waals surface area contributed by atoms with Crippen LogP contribution in [0.5, 0.6) is 0 Å². The van der Waals surface area contributed by atoms with Gasteiger partial charge in [0, 0.05) is 6.07 Å². The lowest BCUT2D eigenvalue weighted by molar-refractivity contribution is -0.130. The molecule has 1 aromatic rings. The minimum absolute atomic E-state index is 0.446. The molecule has 0 atom stereocenters. The zero-order valence-corrected chi connectivity index (χ0v) is 7.79. The third-order valence-electron chi connectivity index (χ3n) is 1.44. The van der Waals surface area contributed by atoms with E-state index in [-0.39, 0.29) is 0 Å². The molecule has 1 amide bonds. The zero-order chi connectivity index (χ0) is 11.6. The molecule has 1 rings (SSSR count). The first-order valence-electron chi connectivity index (χ1n) is 3.64. The average Bonchev–Trinajstić information content (AvgIpc) is 2.08. The largest absolute Gasteiger partial charge is 0.400 e. The molecule has 0 aliphatic carbocycles. The second kappa shape index (κ2) is 4.06. The second-order valence-corrected chi connectivity index (χ2v) is 3.05. The molecule has 0 saturated carbocycles. The SMILES string of the molecule is O=C(Nc1ccc(F)cc1F)C(F)(F)Cl. The second-order valence-electron chi connectivity index (χ2n) is 2.58. The molecule has 0 radical (unpaired) electrons. The fourth-order valence-electron chi connectivity index (χ4n) is 0.784. The topological polar surface area (TPSA) is 29.1 Å². The van der Waals surface area contributed by atoms with E-state index >= 15 is 0 Å². The van der Waals surface area contributed by atoms with Crippen LogP contribution in [0.4, 0.5) is 23.2 Å². The maximum absolute atomic E-state index is 12.9. The van der Waals surface area contributed by atoms with Crippen molar-refractivity contribution in [2.24, 2.45) is 0 Å². The number of amides is 1. The highest BCUT2D eigenvalue weighted by Gasteiger charge is 2.36. The quantitative estimate of drug-likeness (QED) is 0.626. The Kier molecular flexibility index (Phi) is 3.18. The Hall–Kier alpha value is -1.30. The summed E-state index contributed by atoms with van der Waals surface area (Å²) in [7, 11) is 0. The molecule has 7 heteroatoms.